The summed E-state index contributed by atoms with van der Waals surface area (Å²) in [6.07, 6.45) is 3.52. The third-order valence-electron chi connectivity index (χ3n) is 5.19. The molecule has 1 N–H and O–H groups in total. The lowest BCUT2D eigenvalue weighted by Gasteiger charge is -2.08. The summed E-state index contributed by atoms with van der Waals surface area (Å²) in [6, 6.07) is 7.00. The van der Waals surface area contributed by atoms with E-state index in [1.165, 1.54) is 0 Å². The van der Waals surface area contributed by atoms with Crippen molar-refractivity contribution < 1.29 is 47.8 Å². The van der Waals surface area contributed by atoms with Crippen LogP contribution in [0, 0.1) is 0 Å². The maximum Gasteiger partial charge on any atom is 0.335 e. The van der Waals surface area contributed by atoms with Gasteiger partial charge in [-0.1, -0.05) is 12.1 Å². The number of rotatable bonds is 29. The van der Waals surface area contributed by atoms with E-state index in [1.54, 1.807) is 18.2 Å². The Kier molecular flexibility index (Phi) is 24.4. The molecule has 38 heavy (non-hydrogen) atoms. The molecule has 0 aliphatic carbocycles. The second-order valence-electron chi connectivity index (χ2n) is 8.30. The SMILES string of the molecule is CCOCCOCCOCCOCCCCOCCOCCOCCOCCCc1cccc(C(=O)O)c1. The summed E-state index contributed by atoms with van der Waals surface area (Å²) in [5.74, 6) is -0.904. The van der Waals surface area contributed by atoms with Crippen LogP contribution in [0.4, 0.5) is 0 Å². The molecular weight excluding hydrogens is 496 g/mol. The van der Waals surface area contributed by atoms with Crippen molar-refractivity contribution in [3.8, 4) is 0 Å². The van der Waals surface area contributed by atoms with Crippen molar-refractivity contribution in [3.05, 3.63) is 35.4 Å². The number of carboxylic acid groups (broad SMARTS) is 1. The largest absolute Gasteiger partial charge is 0.478 e. The summed E-state index contributed by atoms with van der Waals surface area (Å²) in [5, 5.41) is 9.02. The fraction of sp³-hybridized carbons (Fsp3) is 0.750. The van der Waals surface area contributed by atoms with E-state index >= 15 is 0 Å². The predicted octanol–water partition coefficient (Wildman–Crippen LogP) is 3.25. The van der Waals surface area contributed by atoms with Crippen molar-refractivity contribution in [3.63, 3.8) is 0 Å². The lowest BCUT2D eigenvalue weighted by molar-refractivity contribution is -0.00561. The Morgan fingerprint density at radius 1 is 0.579 bits per heavy atom. The number of hydrogen-bond acceptors (Lipinski definition) is 9. The third-order valence-corrected chi connectivity index (χ3v) is 5.19. The molecule has 0 aliphatic heterocycles. The topological polar surface area (TPSA) is 111 Å². The highest BCUT2D eigenvalue weighted by Gasteiger charge is 2.03. The molecule has 0 fully saturated rings. The van der Waals surface area contributed by atoms with Crippen molar-refractivity contribution in [2.24, 2.45) is 0 Å². The van der Waals surface area contributed by atoms with Gasteiger partial charge >= 0.3 is 5.97 Å². The van der Waals surface area contributed by atoms with Crippen LogP contribution in [0.1, 0.15) is 42.1 Å². The molecule has 0 atom stereocenters. The van der Waals surface area contributed by atoms with E-state index in [0.717, 1.165) is 31.2 Å². The van der Waals surface area contributed by atoms with Gasteiger partial charge in [0, 0.05) is 26.4 Å². The summed E-state index contributed by atoms with van der Waals surface area (Å²) in [4.78, 5) is 11.0. The molecule has 0 heterocycles. The van der Waals surface area contributed by atoms with E-state index in [4.69, 9.17) is 43.0 Å². The highest BCUT2D eigenvalue weighted by molar-refractivity contribution is 5.87. The summed E-state index contributed by atoms with van der Waals surface area (Å²) in [6.45, 7) is 11.4. The number of carboxylic acids is 1. The average molecular weight is 545 g/mol. The number of hydrogen-bond donors (Lipinski definition) is 1. The molecule has 0 aromatic heterocycles. The van der Waals surface area contributed by atoms with Gasteiger partial charge in [0.1, 0.15) is 0 Å². The van der Waals surface area contributed by atoms with Crippen LogP contribution >= 0.6 is 0 Å². The van der Waals surface area contributed by atoms with E-state index in [2.05, 4.69) is 0 Å². The number of ether oxygens (including phenoxy) is 8. The molecule has 1 aromatic rings. The van der Waals surface area contributed by atoms with Crippen LogP contribution in [0.25, 0.3) is 0 Å². The van der Waals surface area contributed by atoms with Gasteiger partial charge in [0.2, 0.25) is 0 Å². The van der Waals surface area contributed by atoms with Crippen LogP contribution in [-0.2, 0) is 44.3 Å². The molecule has 1 rings (SSSR count). The Morgan fingerprint density at radius 3 is 1.39 bits per heavy atom. The molecule has 0 saturated carbocycles. The summed E-state index contributed by atoms with van der Waals surface area (Å²) in [7, 11) is 0. The van der Waals surface area contributed by atoms with Crippen LogP contribution in [0.2, 0.25) is 0 Å². The van der Waals surface area contributed by atoms with Crippen LogP contribution < -0.4 is 0 Å². The van der Waals surface area contributed by atoms with Crippen LogP contribution in [0.5, 0.6) is 0 Å². The molecule has 10 heteroatoms. The first-order chi connectivity index (χ1) is 18.7. The molecule has 10 nitrogen and oxygen atoms in total. The Balaban J connectivity index is 1.70. The van der Waals surface area contributed by atoms with E-state index in [-0.39, 0.29) is 0 Å². The van der Waals surface area contributed by atoms with E-state index < -0.39 is 5.97 Å². The zero-order chi connectivity index (χ0) is 27.4. The van der Waals surface area contributed by atoms with Crippen molar-refractivity contribution in [1.82, 2.24) is 0 Å². The lowest BCUT2D eigenvalue weighted by atomic mass is 10.1. The monoisotopic (exact) mass is 544 g/mol. The predicted molar refractivity (Wildman–Crippen MR) is 143 cm³/mol. The zero-order valence-corrected chi connectivity index (χ0v) is 23.1. The Morgan fingerprint density at radius 2 is 0.974 bits per heavy atom. The second-order valence-corrected chi connectivity index (χ2v) is 8.30. The standard InChI is InChI=1S/C28H48O10/c1-2-31-13-14-35-21-22-36-18-15-32-10-3-4-11-33-16-19-37-23-24-38-20-17-34-12-6-8-26-7-5-9-27(25-26)28(29)30/h5,7,9,25H,2-4,6,8,10-24H2,1H3,(H,29,30). The van der Waals surface area contributed by atoms with E-state index in [9.17, 15) is 4.79 Å². The summed E-state index contributed by atoms with van der Waals surface area (Å²) < 4.78 is 43.6. The first-order valence-corrected chi connectivity index (χ1v) is 13.7. The fourth-order valence-electron chi connectivity index (χ4n) is 3.21. The number of benzene rings is 1. The molecule has 1 aromatic carbocycles. The molecule has 0 saturated heterocycles. The highest BCUT2D eigenvalue weighted by Crippen LogP contribution is 2.08. The minimum atomic E-state index is -0.904. The molecule has 220 valence electrons. The molecular formula is C28H48O10. The number of unbranched alkanes of at least 4 members (excludes halogenated alkanes) is 1. The second kappa shape index (κ2) is 27.0. The van der Waals surface area contributed by atoms with Gasteiger partial charge in [-0.2, -0.15) is 0 Å². The average Bonchev–Trinajstić information content (AvgIpc) is 2.92. The van der Waals surface area contributed by atoms with Gasteiger partial charge in [-0.15, -0.1) is 0 Å². The van der Waals surface area contributed by atoms with Gasteiger partial charge in [0.05, 0.1) is 84.8 Å². The number of aromatic carboxylic acids is 1. The van der Waals surface area contributed by atoms with Crippen molar-refractivity contribution in [2.75, 3.05) is 106 Å². The van der Waals surface area contributed by atoms with Gasteiger partial charge < -0.3 is 43.0 Å². The molecule has 0 radical (unpaired) electrons. The normalized spacial score (nSPS) is 11.3. The maximum atomic E-state index is 11.0. The molecule has 0 unspecified atom stereocenters. The van der Waals surface area contributed by atoms with Crippen LogP contribution in [0.3, 0.4) is 0 Å². The van der Waals surface area contributed by atoms with Crippen molar-refractivity contribution in [1.29, 1.82) is 0 Å². The van der Waals surface area contributed by atoms with Gasteiger partial charge in [0.15, 0.2) is 0 Å². The molecule has 0 bridgehead atoms. The lowest BCUT2D eigenvalue weighted by Crippen LogP contribution is -2.13. The smallest absolute Gasteiger partial charge is 0.335 e. The summed E-state index contributed by atoms with van der Waals surface area (Å²) >= 11 is 0. The van der Waals surface area contributed by atoms with Gasteiger partial charge in [0.25, 0.3) is 0 Å². The Bertz CT molecular complexity index is 658. The number of aryl methyl sites for hydroxylation is 1. The molecule has 0 aliphatic rings. The molecule has 0 spiro atoms. The van der Waals surface area contributed by atoms with Gasteiger partial charge in [-0.05, 0) is 50.3 Å². The first kappa shape index (κ1) is 34.4. The van der Waals surface area contributed by atoms with E-state index in [0.29, 0.717) is 111 Å². The third kappa shape index (κ3) is 22.4. The van der Waals surface area contributed by atoms with Gasteiger partial charge in [-0.3, -0.25) is 0 Å². The number of carbonyl (C=O) groups is 1. The van der Waals surface area contributed by atoms with Crippen LogP contribution in [0.15, 0.2) is 24.3 Å². The van der Waals surface area contributed by atoms with Crippen molar-refractivity contribution >= 4 is 5.97 Å². The Hall–Kier alpha value is -1.63. The van der Waals surface area contributed by atoms with Crippen LogP contribution in [-0.4, -0.2) is 117 Å². The Labute approximate surface area is 227 Å². The first-order valence-electron chi connectivity index (χ1n) is 13.7. The van der Waals surface area contributed by atoms with Gasteiger partial charge in [-0.25, -0.2) is 4.79 Å². The quantitative estimate of drug-likeness (QED) is 0.151. The molecule has 0 amide bonds. The minimum Gasteiger partial charge on any atom is -0.478 e. The fourth-order valence-corrected chi connectivity index (χ4v) is 3.21. The minimum absolute atomic E-state index is 0.316. The van der Waals surface area contributed by atoms with Crippen molar-refractivity contribution in [2.45, 2.75) is 32.6 Å². The maximum absolute atomic E-state index is 11.0. The zero-order valence-electron chi connectivity index (χ0n) is 23.1. The summed E-state index contributed by atoms with van der Waals surface area (Å²) in [5.41, 5.74) is 1.32. The highest BCUT2D eigenvalue weighted by atomic mass is 16.6. The van der Waals surface area contributed by atoms with E-state index in [1.807, 2.05) is 13.0 Å².